The molecule has 0 aliphatic heterocycles. The minimum absolute atomic E-state index is 0.0925. The molecule has 0 N–H and O–H groups in total. The van der Waals surface area contributed by atoms with E-state index in [1.165, 1.54) is 25.5 Å². The molecule has 1 heterocycles. The largest absolute Gasteiger partial charge is 0.267 e. The molecular formula is C11H10N3O2S. The van der Waals surface area contributed by atoms with Crippen LogP contribution in [0.1, 0.15) is 0 Å². The molecule has 5 nitrogen and oxygen atoms in total. The van der Waals surface area contributed by atoms with Gasteiger partial charge in [0.15, 0.2) is 0 Å². The van der Waals surface area contributed by atoms with Gasteiger partial charge in [-0.25, -0.2) is 22.7 Å². The summed E-state index contributed by atoms with van der Waals surface area (Å²) < 4.78 is 25.3. The Morgan fingerprint density at radius 1 is 1.18 bits per heavy atom. The first-order valence-electron chi connectivity index (χ1n) is 4.85. The molecule has 1 aromatic carbocycles. The van der Waals surface area contributed by atoms with Gasteiger partial charge < -0.3 is 0 Å². The van der Waals surface area contributed by atoms with Crippen LogP contribution < -0.4 is 4.31 Å². The summed E-state index contributed by atoms with van der Waals surface area (Å²) >= 11 is 0. The van der Waals surface area contributed by atoms with Crippen molar-refractivity contribution in [2.45, 2.75) is 4.90 Å². The molecule has 2 aromatic rings. The summed E-state index contributed by atoms with van der Waals surface area (Å²) in [5, 5.41) is 0. The summed E-state index contributed by atoms with van der Waals surface area (Å²) in [5.41, 5.74) is 0. The van der Waals surface area contributed by atoms with Crippen molar-refractivity contribution in [3.8, 4) is 0 Å². The van der Waals surface area contributed by atoms with Crippen LogP contribution in [0.2, 0.25) is 0 Å². The van der Waals surface area contributed by atoms with E-state index in [2.05, 4.69) is 16.0 Å². The number of rotatable bonds is 3. The van der Waals surface area contributed by atoms with Crippen molar-refractivity contribution in [1.82, 2.24) is 9.97 Å². The second kappa shape index (κ2) is 4.50. The van der Waals surface area contributed by atoms with Crippen LogP contribution >= 0.6 is 0 Å². The number of benzene rings is 1. The highest BCUT2D eigenvalue weighted by atomic mass is 32.2. The Kier molecular flexibility index (Phi) is 3.06. The molecule has 1 radical (unpaired) electrons. The lowest BCUT2D eigenvalue weighted by Gasteiger charge is -2.16. The maximum absolute atomic E-state index is 12.1. The molecule has 2 rings (SSSR count). The maximum Gasteiger partial charge on any atom is 0.267 e. The molecule has 0 unspecified atom stereocenters. The lowest BCUT2D eigenvalue weighted by molar-refractivity contribution is 0.593. The third-order valence-electron chi connectivity index (χ3n) is 2.15. The molecule has 17 heavy (non-hydrogen) atoms. The van der Waals surface area contributed by atoms with Gasteiger partial charge in [-0.05, 0) is 12.1 Å². The molecule has 0 bridgehead atoms. The second-order valence-electron chi connectivity index (χ2n) is 3.25. The zero-order valence-electron chi connectivity index (χ0n) is 9.11. The average Bonchev–Trinajstić information content (AvgIpc) is 2.40. The van der Waals surface area contributed by atoms with Gasteiger partial charge in [0, 0.05) is 25.5 Å². The van der Waals surface area contributed by atoms with Crippen molar-refractivity contribution in [3.05, 3.63) is 48.8 Å². The maximum atomic E-state index is 12.1. The van der Waals surface area contributed by atoms with Crippen molar-refractivity contribution in [1.29, 1.82) is 0 Å². The summed E-state index contributed by atoms with van der Waals surface area (Å²) in [5.74, 6) is 0.129. The normalized spacial score (nSPS) is 11.1. The molecule has 0 fully saturated rings. The van der Waals surface area contributed by atoms with Gasteiger partial charge in [-0.3, -0.25) is 0 Å². The van der Waals surface area contributed by atoms with Gasteiger partial charge >= 0.3 is 0 Å². The number of aromatic nitrogens is 2. The first-order valence-corrected chi connectivity index (χ1v) is 6.29. The summed E-state index contributed by atoms with van der Waals surface area (Å²) in [6.45, 7) is 0. The quantitative estimate of drug-likeness (QED) is 0.816. The third kappa shape index (κ3) is 2.26. The van der Waals surface area contributed by atoms with Gasteiger partial charge in [-0.2, -0.15) is 0 Å². The number of anilines is 1. The van der Waals surface area contributed by atoms with Crippen LogP contribution in [-0.4, -0.2) is 25.4 Å². The van der Waals surface area contributed by atoms with Crippen LogP contribution in [0.15, 0.2) is 47.6 Å². The predicted octanol–water partition coefficient (Wildman–Crippen LogP) is 1.10. The molecule has 0 atom stereocenters. The Bertz CT molecular complexity index is 585. The van der Waals surface area contributed by atoms with E-state index in [-0.39, 0.29) is 10.8 Å². The van der Waals surface area contributed by atoms with Crippen molar-refractivity contribution >= 4 is 16.0 Å². The van der Waals surface area contributed by atoms with Crippen LogP contribution in [0.25, 0.3) is 0 Å². The molecule has 0 aliphatic rings. The monoisotopic (exact) mass is 248 g/mol. The summed E-state index contributed by atoms with van der Waals surface area (Å²) in [6.07, 6.45) is 2.98. The third-order valence-corrected chi connectivity index (χ3v) is 3.85. The summed E-state index contributed by atoms with van der Waals surface area (Å²) in [6, 6.07) is 10.7. The van der Waals surface area contributed by atoms with Crippen LogP contribution in [0.5, 0.6) is 0 Å². The van der Waals surface area contributed by atoms with Gasteiger partial charge in [-0.1, -0.05) is 18.2 Å². The predicted molar refractivity (Wildman–Crippen MR) is 62.9 cm³/mol. The van der Waals surface area contributed by atoms with E-state index in [4.69, 9.17) is 0 Å². The van der Waals surface area contributed by atoms with Gasteiger partial charge in [0.05, 0.1) is 4.90 Å². The number of sulfonamides is 1. The Hall–Kier alpha value is -1.95. The highest BCUT2D eigenvalue weighted by Gasteiger charge is 2.22. The highest BCUT2D eigenvalue weighted by molar-refractivity contribution is 7.92. The smallest absolute Gasteiger partial charge is 0.237 e. The van der Waals surface area contributed by atoms with Crippen molar-refractivity contribution in [2.75, 3.05) is 11.4 Å². The van der Waals surface area contributed by atoms with Crippen molar-refractivity contribution in [3.63, 3.8) is 0 Å². The first kappa shape index (κ1) is 11.5. The van der Waals surface area contributed by atoms with Gasteiger partial charge in [0.25, 0.3) is 10.0 Å². The van der Waals surface area contributed by atoms with E-state index in [0.29, 0.717) is 0 Å². The molecular weight excluding hydrogens is 238 g/mol. The molecule has 0 saturated heterocycles. The molecule has 87 valence electrons. The second-order valence-corrected chi connectivity index (χ2v) is 5.19. The lowest BCUT2D eigenvalue weighted by atomic mass is 10.4. The molecule has 0 spiro atoms. The Labute approximate surface area is 99.8 Å². The zero-order valence-corrected chi connectivity index (χ0v) is 9.92. The first-order chi connectivity index (χ1) is 8.12. The Balaban J connectivity index is 2.41. The van der Waals surface area contributed by atoms with Crippen molar-refractivity contribution in [2.24, 2.45) is 0 Å². The molecule has 0 amide bonds. The minimum atomic E-state index is -3.64. The molecule has 1 aromatic heterocycles. The number of hydrogen-bond donors (Lipinski definition) is 0. The number of nitrogens with zero attached hydrogens (tertiary/aromatic N) is 3. The van der Waals surface area contributed by atoms with E-state index in [1.807, 2.05) is 0 Å². The lowest BCUT2D eigenvalue weighted by Crippen LogP contribution is -2.28. The zero-order chi connectivity index (χ0) is 12.3. The van der Waals surface area contributed by atoms with Gasteiger partial charge in [0.2, 0.25) is 5.95 Å². The fourth-order valence-corrected chi connectivity index (χ4v) is 2.32. The SMILES string of the molecule is CN(c1ncccn1)S(=O)(=O)c1[c]cccc1. The van der Waals surface area contributed by atoms with E-state index in [0.717, 1.165) is 4.31 Å². The number of hydrogen-bond acceptors (Lipinski definition) is 4. The Morgan fingerprint density at radius 2 is 1.88 bits per heavy atom. The van der Waals surface area contributed by atoms with Crippen molar-refractivity contribution < 1.29 is 8.42 Å². The molecule has 0 saturated carbocycles. The molecule has 6 heteroatoms. The Morgan fingerprint density at radius 3 is 2.47 bits per heavy atom. The summed E-state index contributed by atoms with van der Waals surface area (Å²) in [4.78, 5) is 7.88. The van der Waals surface area contributed by atoms with Crippen LogP contribution in [0.3, 0.4) is 0 Å². The highest BCUT2D eigenvalue weighted by Crippen LogP contribution is 2.16. The fraction of sp³-hybridized carbons (Fsp3) is 0.0909. The fourth-order valence-electron chi connectivity index (χ4n) is 1.25. The standard InChI is InChI=1S/C11H10N3O2S/c1-14(11-12-8-5-9-13-11)17(15,16)10-6-3-2-4-7-10/h2-6,8-9H,1H3. The topological polar surface area (TPSA) is 63.2 Å². The summed E-state index contributed by atoms with van der Waals surface area (Å²) in [7, 11) is -2.23. The van der Waals surface area contributed by atoms with Gasteiger partial charge in [0.1, 0.15) is 0 Å². The van der Waals surface area contributed by atoms with E-state index < -0.39 is 10.0 Å². The van der Waals surface area contributed by atoms with Crippen LogP contribution in [0.4, 0.5) is 5.95 Å². The molecule has 0 aliphatic carbocycles. The van der Waals surface area contributed by atoms with E-state index >= 15 is 0 Å². The average molecular weight is 248 g/mol. The van der Waals surface area contributed by atoms with Crippen LogP contribution in [0, 0.1) is 6.07 Å². The van der Waals surface area contributed by atoms with Crippen LogP contribution in [-0.2, 0) is 10.0 Å². The van der Waals surface area contributed by atoms with E-state index in [1.54, 1.807) is 24.3 Å². The van der Waals surface area contributed by atoms with E-state index in [9.17, 15) is 8.42 Å². The minimum Gasteiger partial charge on any atom is -0.237 e. The van der Waals surface area contributed by atoms with Gasteiger partial charge in [-0.15, -0.1) is 0 Å².